The molecule has 0 spiro atoms. The number of imide groups is 2. The number of nitrogens with one attached hydrogen (secondary N) is 2. The number of rotatable bonds is 26. The Morgan fingerprint density at radius 1 is 0.392 bits per heavy atom. The maximum absolute atomic E-state index is 16.3. The number of nitrogens with zero attached hydrogens (tertiary/aromatic N) is 2. The number of epoxide rings is 2. The van der Waals surface area contributed by atoms with Crippen molar-refractivity contribution >= 4 is 137 Å². The molecule has 15 rings (SSSR count). The van der Waals surface area contributed by atoms with Crippen LogP contribution in [0.2, 0.25) is 20.1 Å². The number of halogens is 4. The van der Waals surface area contributed by atoms with Gasteiger partial charge in [0.2, 0.25) is 11.8 Å². The second-order valence-electron chi connectivity index (χ2n) is 24.6. The van der Waals surface area contributed by atoms with Gasteiger partial charge < -0.3 is 48.5 Å². The van der Waals surface area contributed by atoms with Gasteiger partial charge in [0, 0.05) is 89.1 Å². The molecule has 4 atom stereocenters. The summed E-state index contributed by atoms with van der Waals surface area (Å²) in [5, 5.41) is 7.85. The lowest BCUT2D eigenvalue weighted by atomic mass is 9.80. The standard InChI is InChI=1S/C78H56Cl4N4O16/c79-43-11-19-47(20-12-43)99-59-33-53-65-54(74(90)85(73(53)89)57(31-41-7-3-1-4-8-41)77(93)95-29-27-63(87)83-37-51-39-97-51)34-60(100-48-21-13-44(80)14-22-48)68-70-62(102-50-25-17-46(82)18-26-50)36-56-66-55(35-61(69(72(66)70)67(59)71(65)68)101-49-23-15-45(81)16-24-49)75(91)86(76(56)92)58(32-42-9-5-2-6-10-42)78(94)96-30-28-64(88)84-38-52-40-98-52/h1-26,33-36,51-52,57-58H,27-32,37-40H2,(H,83,87)(H,84,88). The summed E-state index contributed by atoms with van der Waals surface area (Å²) >= 11 is 26.1. The Morgan fingerprint density at radius 3 is 0.931 bits per heavy atom. The van der Waals surface area contributed by atoms with Crippen LogP contribution in [-0.2, 0) is 51.0 Å². The van der Waals surface area contributed by atoms with Crippen LogP contribution in [-0.4, -0.2) is 121 Å². The molecule has 2 N–H and O–H groups in total. The Kier molecular flexibility index (Phi) is 18.6. The molecule has 4 heterocycles. The molecule has 4 unspecified atom stereocenters. The van der Waals surface area contributed by atoms with Crippen molar-refractivity contribution in [3.8, 4) is 46.0 Å². The van der Waals surface area contributed by atoms with Crippen LogP contribution >= 0.6 is 46.4 Å². The number of ether oxygens (including phenoxy) is 8. The van der Waals surface area contributed by atoms with Gasteiger partial charge in [-0.05, 0) is 132 Å². The zero-order valence-electron chi connectivity index (χ0n) is 53.6. The average molecular weight is 1450 g/mol. The van der Waals surface area contributed by atoms with Crippen molar-refractivity contribution in [3.05, 3.63) is 235 Å². The van der Waals surface area contributed by atoms with Gasteiger partial charge in [-0.25, -0.2) is 9.59 Å². The van der Waals surface area contributed by atoms with E-state index in [-0.39, 0.29) is 162 Å². The molecule has 0 radical (unpaired) electrons. The number of carbonyl (C=O) groups is 8. The zero-order chi connectivity index (χ0) is 70.4. The van der Waals surface area contributed by atoms with E-state index in [0.29, 0.717) is 44.4 Å². The fourth-order valence-corrected chi connectivity index (χ4v) is 13.4. The molecular formula is C78H56Cl4N4O16. The molecule has 0 aliphatic carbocycles. The summed E-state index contributed by atoms with van der Waals surface area (Å²) in [6, 6.07) is 45.4. The number of benzene rings is 11. The van der Waals surface area contributed by atoms with Crippen molar-refractivity contribution in [1.82, 2.24) is 20.4 Å². The number of amides is 6. The van der Waals surface area contributed by atoms with E-state index in [1.807, 2.05) is 0 Å². The predicted octanol–water partition coefficient (Wildman–Crippen LogP) is 14.8. The van der Waals surface area contributed by atoms with Crippen molar-refractivity contribution in [2.24, 2.45) is 0 Å². The van der Waals surface area contributed by atoms with Gasteiger partial charge >= 0.3 is 11.9 Å². The molecule has 512 valence electrons. The van der Waals surface area contributed by atoms with Gasteiger partial charge in [-0.1, -0.05) is 107 Å². The Balaban J connectivity index is 1.01. The second-order valence-corrected chi connectivity index (χ2v) is 26.4. The molecule has 0 saturated carbocycles. The number of hydrogen-bond acceptors (Lipinski definition) is 16. The minimum absolute atomic E-state index is 0.0465. The predicted molar refractivity (Wildman–Crippen MR) is 379 cm³/mol. The largest absolute Gasteiger partial charge is 0.464 e. The molecule has 2 saturated heterocycles. The van der Waals surface area contributed by atoms with Crippen LogP contribution in [0, 0.1) is 0 Å². The molecule has 24 heteroatoms. The van der Waals surface area contributed by atoms with Gasteiger partial charge in [0.25, 0.3) is 23.6 Å². The van der Waals surface area contributed by atoms with Crippen LogP contribution in [0.1, 0.15) is 65.4 Å². The van der Waals surface area contributed by atoms with Gasteiger partial charge in [0.1, 0.15) is 71.3 Å². The molecule has 20 nitrogen and oxygen atoms in total. The second kappa shape index (κ2) is 28.3. The van der Waals surface area contributed by atoms with E-state index in [1.165, 1.54) is 24.3 Å². The van der Waals surface area contributed by atoms with E-state index >= 15 is 19.2 Å². The Bertz CT molecular complexity index is 4650. The molecule has 0 bridgehead atoms. The molecule has 4 aliphatic rings. The van der Waals surface area contributed by atoms with E-state index in [0.717, 1.165) is 9.80 Å². The van der Waals surface area contributed by atoms with Crippen LogP contribution in [0.25, 0.3) is 43.1 Å². The summed E-state index contributed by atoms with van der Waals surface area (Å²) in [5.41, 5.74) is 0.550. The average Bonchev–Trinajstić information content (AvgIpc) is 0.712. The number of fused-ring (bicyclic) bond motifs is 2. The maximum atomic E-state index is 16.3. The highest BCUT2D eigenvalue weighted by Gasteiger charge is 2.47. The van der Waals surface area contributed by atoms with Crippen LogP contribution in [0.3, 0.4) is 0 Å². The molecule has 11 aromatic carbocycles. The summed E-state index contributed by atoms with van der Waals surface area (Å²) in [6.45, 7) is 0.751. The lowest BCUT2D eigenvalue weighted by Gasteiger charge is -2.35. The number of carbonyl (C=O) groups excluding carboxylic acids is 8. The quantitative estimate of drug-likeness (QED) is 0.0168. The maximum Gasteiger partial charge on any atom is 0.329 e. The van der Waals surface area contributed by atoms with Crippen molar-refractivity contribution in [2.45, 2.75) is 50.0 Å². The highest BCUT2D eigenvalue weighted by molar-refractivity contribution is 6.45. The summed E-state index contributed by atoms with van der Waals surface area (Å²) in [5.74, 6) is -6.08. The summed E-state index contributed by atoms with van der Waals surface area (Å²) in [7, 11) is 0. The number of hydrogen-bond donors (Lipinski definition) is 2. The van der Waals surface area contributed by atoms with Crippen LogP contribution in [0.5, 0.6) is 46.0 Å². The molecule has 2 fully saturated rings. The fourth-order valence-electron chi connectivity index (χ4n) is 12.9. The highest BCUT2D eigenvalue weighted by atomic mass is 35.5. The molecule has 102 heavy (non-hydrogen) atoms. The molecule has 6 amide bonds. The van der Waals surface area contributed by atoms with Crippen molar-refractivity contribution < 1.29 is 76.3 Å². The summed E-state index contributed by atoms with van der Waals surface area (Å²) in [4.78, 5) is 123. The molecular weight excluding hydrogens is 1390 g/mol. The Morgan fingerprint density at radius 2 is 0.667 bits per heavy atom. The highest BCUT2D eigenvalue weighted by Crippen LogP contribution is 2.58. The first-order chi connectivity index (χ1) is 49.5. The first kappa shape index (κ1) is 67.0. The normalized spacial score (nSPS) is 15.7. The molecule has 0 aromatic heterocycles. The van der Waals surface area contributed by atoms with E-state index in [9.17, 15) is 19.2 Å². The van der Waals surface area contributed by atoms with Crippen LogP contribution < -0.4 is 29.6 Å². The van der Waals surface area contributed by atoms with Crippen molar-refractivity contribution in [1.29, 1.82) is 0 Å². The van der Waals surface area contributed by atoms with E-state index in [1.54, 1.807) is 158 Å². The van der Waals surface area contributed by atoms with E-state index < -0.39 is 72.7 Å². The third-order valence-corrected chi connectivity index (χ3v) is 18.9. The smallest absolute Gasteiger partial charge is 0.329 e. The van der Waals surface area contributed by atoms with Crippen molar-refractivity contribution in [3.63, 3.8) is 0 Å². The van der Waals surface area contributed by atoms with Crippen LogP contribution in [0.15, 0.2) is 182 Å². The SMILES string of the molecule is O=C(CCOC(=O)C(Cc1ccccc1)N1C(=O)c2cc(Oc3ccc(Cl)cc3)c3c4c(Oc5ccc(Cl)cc5)cc5c6c(cc(Oc7ccc(Cl)cc7)c(c7c(Oc8ccc(Cl)cc8)cc(c2c37)C1=O)c64)C(=O)N(C(Cc1ccccc1)C(=O)OCCC(=O)NCC1CO1)C5=O)NCC1CO1. The number of esters is 2. The van der Waals surface area contributed by atoms with Gasteiger partial charge in [-0.3, -0.25) is 38.6 Å². The summed E-state index contributed by atoms with van der Waals surface area (Å²) < 4.78 is 50.4. The topological polar surface area (TPSA) is 248 Å². The first-order valence-electron chi connectivity index (χ1n) is 32.5. The first-order valence-corrected chi connectivity index (χ1v) is 34.0. The monoisotopic (exact) mass is 1440 g/mol. The summed E-state index contributed by atoms with van der Waals surface area (Å²) in [6.07, 6.45) is -1.15. The Labute approximate surface area is 601 Å². The third-order valence-electron chi connectivity index (χ3n) is 17.8. The lowest BCUT2D eigenvalue weighted by molar-refractivity contribution is -0.150. The van der Waals surface area contributed by atoms with Gasteiger partial charge in [-0.15, -0.1) is 0 Å². The Hall–Kier alpha value is -10.8. The van der Waals surface area contributed by atoms with E-state index in [2.05, 4.69) is 10.6 Å². The van der Waals surface area contributed by atoms with E-state index in [4.69, 9.17) is 84.3 Å². The third kappa shape index (κ3) is 13.7. The molecule has 4 aliphatic heterocycles. The van der Waals surface area contributed by atoms with Crippen molar-refractivity contribution in [2.75, 3.05) is 39.5 Å². The van der Waals surface area contributed by atoms with Gasteiger partial charge in [0.05, 0.1) is 60.5 Å². The van der Waals surface area contributed by atoms with Crippen LogP contribution in [0.4, 0.5) is 0 Å². The zero-order valence-corrected chi connectivity index (χ0v) is 56.7. The van der Waals surface area contributed by atoms with Gasteiger partial charge in [0.15, 0.2) is 0 Å². The minimum atomic E-state index is -1.65. The lowest BCUT2D eigenvalue weighted by Crippen LogP contribution is -2.52. The van der Waals surface area contributed by atoms with Gasteiger partial charge in [-0.2, -0.15) is 0 Å². The molecule has 11 aromatic rings. The minimum Gasteiger partial charge on any atom is -0.464 e. The fraction of sp³-hybridized carbons (Fsp3) is 0.179.